The molecule has 0 saturated heterocycles. The van der Waals surface area contributed by atoms with E-state index < -0.39 is 11.5 Å². The van der Waals surface area contributed by atoms with Crippen LogP contribution in [0.1, 0.15) is 25.8 Å². The Labute approximate surface area is 112 Å². The lowest BCUT2D eigenvalue weighted by Crippen LogP contribution is -2.42. The first-order valence-corrected chi connectivity index (χ1v) is 6.28. The van der Waals surface area contributed by atoms with Crippen molar-refractivity contribution in [3.05, 3.63) is 36.1 Å². The highest BCUT2D eigenvalue weighted by Gasteiger charge is 2.27. The van der Waals surface area contributed by atoms with Gasteiger partial charge in [0, 0.05) is 23.0 Å². The number of rotatable bonds is 5. The number of para-hydroxylation sites is 1. The maximum Gasteiger partial charge on any atom is 0.305 e. The number of carboxylic acid groups (broad SMARTS) is 1. The van der Waals surface area contributed by atoms with Gasteiger partial charge in [-0.25, -0.2) is 0 Å². The molecule has 2 aromatic rings. The minimum atomic E-state index is -0.783. The van der Waals surface area contributed by atoms with E-state index in [-0.39, 0.29) is 6.42 Å². The van der Waals surface area contributed by atoms with Crippen LogP contribution >= 0.6 is 0 Å². The van der Waals surface area contributed by atoms with Gasteiger partial charge in [0.2, 0.25) is 0 Å². The van der Waals surface area contributed by atoms with Gasteiger partial charge in [0.1, 0.15) is 5.58 Å². The van der Waals surface area contributed by atoms with Crippen LogP contribution in [0.15, 0.2) is 34.9 Å². The van der Waals surface area contributed by atoms with Crippen LogP contribution in [0.4, 0.5) is 0 Å². The predicted molar refractivity (Wildman–Crippen MR) is 74.0 cm³/mol. The molecule has 4 nitrogen and oxygen atoms in total. The van der Waals surface area contributed by atoms with Crippen LogP contribution in [0.3, 0.4) is 0 Å². The van der Waals surface area contributed by atoms with Gasteiger partial charge in [-0.2, -0.15) is 0 Å². The molecule has 1 N–H and O–H groups in total. The SMILES string of the molecule is CN(Cc1coc2ccccc12)C(C)(C)CC(=O)O. The van der Waals surface area contributed by atoms with E-state index in [1.165, 1.54) is 0 Å². The first kappa shape index (κ1) is 13.6. The van der Waals surface area contributed by atoms with Crippen molar-refractivity contribution in [3.63, 3.8) is 0 Å². The van der Waals surface area contributed by atoms with E-state index in [1.807, 2.05) is 50.1 Å². The Morgan fingerprint density at radius 2 is 2.05 bits per heavy atom. The fraction of sp³-hybridized carbons (Fsp3) is 0.400. The third kappa shape index (κ3) is 2.96. The maximum atomic E-state index is 10.9. The average molecular weight is 261 g/mol. The molecule has 0 aliphatic heterocycles. The Hall–Kier alpha value is -1.81. The molecule has 0 amide bonds. The molecular weight excluding hydrogens is 242 g/mol. The molecule has 0 fully saturated rings. The summed E-state index contributed by atoms with van der Waals surface area (Å²) in [6.07, 6.45) is 1.86. The molecule has 0 radical (unpaired) electrons. The fourth-order valence-electron chi connectivity index (χ4n) is 2.13. The third-order valence-electron chi connectivity index (χ3n) is 3.59. The van der Waals surface area contributed by atoms with Gasteiger partial charge in [-0.3, -0.25) is 9.69 Å². The largest absolute Gasteiger partial charge is 0.481 e. The summed E-state index contributed by atoms with van der Waals surface area (Å²) in [5.74, 6) is -0.783. The number of carbonyl (C=O) groups is 1. The van der Waals surface area contributed by atoms with E-state index in [2.05, 4.69) is 0 Å². The van der Waals surface area contributed by atoms with E-state index in [0.717, 1.165) is 16.5 Å². The lowest BCUT2D eigenvalue weighted by Gasteiger charge is -2.34. The summed E-state index contributed by atoms with van der Waals surface area (Å²) in [6, 6.07) is 7.87. The molecule has 0 saturated carbocycles. The van der Waals surface area contributed by atoms with Crippen LogP contribution in [0.2, 0.25) is 0 Å². The van der Waals surface area contributed by atoms with Crippen molar-refractivity contribution in [1.29, 1.82) is 0 Å². The van der Waals surface area contributed by atoms with E-state index in [4.69, 9.17) is 9.52 Å². The van der Waals surface area contributed by atoms with Crippen molar-refractivity contribution >= 4 is 16.9 Å². The van der Waals surface area contributed by atoms with Crippen molar-refractivity contribution in [3.8, 4) is 0 Å². The number of hydrogen-bond donors (Lipinski definition) is 1. The zero-order valence-corrected chi connectivity index (χ0v) is 11.5. The molecule has 19 heavy (non-hydrogen) atoms. The number of benzene rings is 1. The highest BCUT2D eigenvalue weighted by molar-refractivity contribution is 5.80. The summed E-state index contributed by atoms with van der Waals surface area (Å²) in [6.45, 7) is 4.53. The summed E-state index contributed by atoms with van der Waals surface area (Å²) < 4.78 is 5.50. The summed E-state index contributed by atoms with van der Waals surface area (Å²) in [5, 5.41) is 10.0. The van der Waals surface area contributed by atoms with Crippen LogP contribution < -0.4 is 0 Å². The standard InChI is InChI=1S/C15H19NO3/c1-15(2,8-14(17)18)16(3)9-11-10-19-13-7-5-4-6-12(11)13/h4-7,10H,8-9H2,1-3H3,(H,17,18). The monoisotopic (exact) mass is 261 g/mol. The van der Waals surface area contributed by atoms with Crippen LogP contribution in [0, 0.1) is 0 Å². The molecule has 0 unspecified atom stereocenters. The summed E-state index contributed by atoms with van der Waals surface area (Å²) >= 11 is 0. The molecular formula is C15H19NO3. The van der Waals surface area contributed by atoms with Gasteiger partial charge in [-0.1, -0.05) is 18.2 Å². The minimum absolute atomic E-state index is 0.110. The molecule has 2 rings (SSSR count). The zero-order chi connectivity index (χ0) is 14.0. The van der Waals surface area contributed by atoms with Gasteiger partial charge in [0.15, 0.2) is 0 Å². The molecule has 1 aromatic carbocycles. The highest BCUT2D eigenvalue weighted by Crippen LogP contribution is 2.25. The van der Waals surface area contributed by atoms with Crippen LogP contribution in [-0.2, 0) is 11.3 Å². The number of nitrogens with zero attached hydrogens (tertiary/aromatic N) is 1. The molecule has 0 aliphatic rings. The number of aliphatic carboxylic acids is 1. The van der Waals surface area contributed by atoms with Gasteiger partial charge in [0.25, 0.3) is 0 Å². The molecule has 0 atom stereocenters. The van der Waals surface area contributed by atoms with Gasteiger partial charge >= 0.3 is 5.97 Å². The second-order valence-corrected chi connectivity index (χ2v) is 5.50. The summed E-state index contributed by atoms with van der Waals surface area (Å²) in [4.78, 5) is 12.9. The Morgan fingerprint density at radius 1 is 1.37 bits per heavy atom. The molecule has 0 aliphatic carbocycles. The smallest absolute Gasteiger partial charge is 0.305 e. The van der Waals surface area contributed by atoms with Crippen molar-refractivity contribution < 1.29 is 14.3 Å². The predicted octanol–water partition coefficient (Wildman–Crippen LogP) is 3.12. The Morgan fingerprint density at radius 3 is 2.74 bits per heavy atom. The molecule has 0 spiro atoms. The zero-order valence-electron chi connectivity index (χ0n) is 11.5. The summed E-state index contributed by atoms with van der Waals surface area (Å²) in [5.41, 5.74) is 1.54. The average Bonchev–Trinajstić information content (AvgIpc) is 2.71. The minimum Gasteiger partial charge on any atom is -0.481 e. The normalized spacial score (nSPS) is 12.2. The van der Waals surface area contributed by atoms with Crippen LogP contribution in [0.25, 0.3) is 11.0 Å². The first-order valence-electron chi connectivity index (χ1n) is 6.28. The fourth-order valence-corrected chi connectivity index (χ4v) is 2.13. The van der Waals surface area contributed by atoms with Crippen LogP contribution in [-0.4, -0.2) is 28.6 Å². The third-order valence-corrected chi connectivity index (χ3v) is 3.59. The van der Waals surface area contributed by atoms with E-state index in [0.29, 0.717) is 6.54 Å². The highest BCUT2D eigenvalue weighted by atomic mass is 16.4. The van der Waals surface area contributed by atoms with Crippen molar-refractivity contribution in [2.24, 2.45) is 0 Å². The first-order chi connectivity index (χ1) is 8.90. The lowest BCUT2D eigenvalue weighted by atomic mass is 9.98. The maximum absolute atomic E-state index is 10.9. The van der Waals surface area contributed by atoms with E-state index in [1.54, 1.807) is 6.26 Å². The van der Waals surface area contributed by atoms with Crippen molar-refractivity contribution in [1.82, 2.24) is 4.90 Å². The molecule has 1 heterocycles. The van der Waals surface area contributed by atoms with E-state index >= 15 is 0 Å². The second kappa shape index (κ2) is 5.05. The summed E-state index contributed by atoms with van der Waals surface area (Å²) in [7, 11) is 1.94. The lowest BCUT2D eigenvalue weighted by molar-refractivity contribution is -0.139. The second-order valence-electron chi connectivity index (χ2n) is 5.50. The molecule has 0 bridgehead atoms. The van der Waals surface area contributed by atoms with Gasteiger partial charge in [-0.05, 0) is 27.0 Å². The van der Waals surface area contributed by atoms with Gasteiger partial charge < -0.3 is 9.52 Å². The molecule has 102 valence electrons. The van der Waals surface area contributed by atoms with Gasteiger partial charge in [-0.15, -0.1) is 0 Å². The van der Waals surface area contributed by atoms with Crippen molar-refractivity contribution in [2.75, 3.05) is 7.05 Å². The van der Waals surface area contributed by atoms with E-state index in [9.17, 15) is 4.79 Å². The molecule has 4 heteroatoms. The Kier molecular flexibility index (Phi) is 3.62. The Bertz CT molecular complexity index is 586. The van der Waals surface area contributed by atoms with Crippen molar-refractivity contribution in [2.45, 2.75) is 32.4 Å². The quantitative estimate of drug-likeness (QED) is 0.898. The van der Waals surface area contributed by atoms with Gasteiger partial charge in [0.05, 0.1) is 12.7 Å². The number of hydrogen-bond acceptors (Lipinski definition) is 3. The number of furan rings is 1. The van der Waals surface area contributed by atoms with Crippen LogP contribution in [0.5, 0.6) is 0 Å². The number of carboxylic acids is 1. The number of fused-ring (bicyclic) bond motifs is 1. The topological polar surface area (TPSA) is 53.7 Å². The molecule has 1 aromatic heterocycles. The Balaban J connectivity index is 2.18.